The lowest BCUT2D eigenvalue weighted by Crippen LogP contribution is -2.14. The van der Waals surface area contributed by atoms with Crippen molar-refractivity contribution < 1.29 is 13.2 Å². The Labute approximate surface area is 128 Å². The fourth-order valence-electron chi connectivity index (χ4n) is 1.69. The van der Waals surface area contributed by atoms with Gasteiger partial charge in [-0.15, -0.1) is 0 Å². The van der Waals surface area contributed by atoms with Gasteiger partial charge in [0.1, 0.15) is 10.9 Å². The fourth-order valence-corrected chi connectivity index (χ4v) is 2.91. The van der Waals surface area contributed by atoms with Crippen LogP contribution in [-0.2, 0) is 10.0 Å². The summed E-state index contributed by atoms with van der Waals surface area (Å²) in [6.07, 6.45) is 2.60. The van der Waals surface area contributed by atoms with E-state index in [2.05, 4.69) is 14.7 Å². The van der Waals surface area contributed by atoms with Gasteiger partial charge in [0.05, 0.1) is 23.9 Å². The summed E-state index contributed by atoms with van der Waals surface area (Å²) in [5.41, 5.74) is 0.733. The second-order valence-corrected chi connectivity index (χ2v) is 6.26. The van der Waals surface area contributed by atoms with Gasteiger partial charge in [0.2, 0.25) is 0 Å². The monoisotopic (exact) mass is 327 g/mol. The molecule has 1 aromatic carbocycles. The van der Waals surface area contributed by atoms with Crippen LogP contribution < -0.4 is 9.46 Å². The molecule has 1 aromatic heterocycles. The first-order valence-corrected chi connectivity index (χ1v) is 8.02. The molecule has 0 aliphatic carbocycles. The smallest absolute Gasteiger partial charge is 0.263 e. The number of rotatable bonds is 5. The quantitative estimate of drug-likeness (QED) is 0.913. The van der Waals surface area contributed by atoms with Gasteiger partial charge in [0.15, 0.2) is 5.82 Å². The van der Waals surface area contributed by atoms with E-state index in [4.69, 9.17) is 16.3 Å². The zero-order chi connectivity index (χ0) is 15.5. The van der Waals surface area contributed by atoms with E-state index in [0.29, 0.717) is 12.4 Å². The highest BCUT2D eigenvalue weighted by atomic mass is 35.5. The predicted molar refractivity (Wildman–Crippen MR) is 80.2 cm³/mol. The Morgan fingerprint density at radius 2 is 2.10 bits per heavy atom. The number of nitrogens with zero attached hydrogens (tertiary/aromatic N) is 2. The lowest BCUT2D eigenvalue weighted by atomic mass is 10.2. The molecule has 2 aromatic rings. The van der Waals surface area contributed by atoms with Crippen LogP contribution in [0, 0.1) is 6.92 Å². The summed E-state index contributed by atoms with van der Waals surface area (Å²) in [4.78, 5) is 7.73. The third kappa shape index (κ3) is 3.83. The number of benzene rings is 1. The minimum Gasteiger partial charge on any atom is -0.494 e. The average molecular weight is 328 g/mol. The number of hydrogen-bond donors (Lipinski definition) is 1. The molecule has 0 atom stereocenters. The van der Waals surface area contributed by atoms with Crippen LogP contribution in [-0.4, -0.2) is 25.0 Å². The van der Waals surface area contributed by atoms with Crippen molar-refractivity contribution in [2.24, 2.45) is 0 Å². The third-order valence-electron chi connectivity index (χ3n) is 2.60. The molecule has 0 radical (unpaired) electrons. The first-order chi connectivity index (χ1) is 9.92. The Morgan fingerprint density at radius 3 is 2.71 bits per heavy atom. The van der Waals surface area contributed by atoms with Crippen molar-refractivity contribution in [2.75, 3.05) is 11.3 Å². The molecule has 0 saturated heterocycles. The molecular formula is C13H14ClN3O3S. The summed E-state index contributed by atoms with van der Waals surface area (Å²) in [6.45, 7) is 4.16. The second kappa shape index (κ2) is 6.28. The normalized spacial score (nSPS) is 11.2. The van der Waals surface area contributed by atoms with Crippen LogP contribution in [0.5, 0.6) is 5.75 Å². The summed E-state index contributed by atoms with van der Waals surface area (Å²) in [7, 11) is -3.75. The summed E-state index contributed by atoms with van der Waals surface area (Å²) >= 11 is 5.68. The molecule has 0 bridgehead atoms. The zero-order valence-electron chi connectivity index (χ0n) is 11.5. The predicted octanol–water partition coefficient (Wildman–Crippen LogP) is 2.64. The van der Waals surface area contributed by atoms with Crippen molar-refractivity contribution in [3.05, 3.63) is 41.3 Å². The summed E-state index contributed by atoms with van der Waals surface area (Å²) in [5.74, 6) is 0.716. The third-order valence-corrected chi connectivity index (χ3v) is 4.14. The molecule has 6 nitrogen and oxygen atoms in total. The maximum atomic E-state index is 12.3. The van der Waals surface area contributed by atoms with Gasteiger partial charge in [-0.2, -0.15) is 0 Å². The molecule has 0 fully saturated rings. The number of anilines is 1. The Hall–Kier alpha value is -1.86. The maximum Gasteiger partial charge on any atom is 0.263 e. The van der Waals surface area contributed by atoms with E-state index in [1.807, 2.05) is 6.92 Å². The van der Waals surface area contributed by atoms with Crippen molar-refractivity contribution in [1.82, 2.24) is 9.97 Å². The van der Waals surface area contributed by atoms with E-state index < -0.39 is 10.0 Å². The number of hydrogen-bond acceptors (Lipinski definition) is 5. The molecule has 0 amide bonds. The lowest BCUT2D eigenvalue weighted by molar-refractivity contribution is 0.337. The van der Waals surface area contributed by atoms with Gasteiger partial charge in [-0.25, -0.2) is 13.4 Å². The molecule has 1 N–H and O–H groups in total. The van der Waals surface area contributed by atoms with Gasteiger partial charge in [0, 0.05) is 0 Å². The molecule has 0 unspecified atom stereocenters. The van der Waals surface area contributed by atoms with Crippen molar-refractivity contribution in [3.63, 3.8) is 0 Å². The Bertz CT molecular complexity index is 750. The van der Waals surface area contributed by atoms with Crippen LogP contribution in [0.2, 0.25) is 5.15 Å². The topological polar surface area (TPSA) is 81.2 Å². The van der Waals surface area contributed by atoms with Gasteiger partial charge in [-0.3, -0.25) is 9.71 Å². The van der Waals surface area contributed by atoms with E-state index in [-0.39, 0.29) is 15.9 Å². The van der Waals surface area contributed by atoms with Crippen molar-refractivity contribution in [3.8, 4) is 5.75 Å². The van der Waals surface area contributed by atoms with Gasteiger partial charge < -0.3 is 4.74 Å². The minimum atomic E-state index is -3.75. The second-order valence-electron chi connectivity index (χ2n) is 4.19. The lowest BCUT2D eigenvalue weighted by Gasteiger charge is -2.10. The SMILES string of the molecule is CCOc1ccc(S(=O)(=O)Nc2cncc(Cl)n2)cc1C. The van der Waals surface area contributed by atoms with E-state index in [0.717, 1.165) is 5.56 Å². The van der Waals surface area contributed by atoms with Crippen LogP contribution >= 0.6 is 11.6 Å². The van der Waals surface area contributed by atoms with Crippen LogP contribution in [0.25, 0.3) is 0 Å². The molecule has 8 heteroatoms. The molecule has 0 spiro atoms. The summed E-state index contributed by atoms with van der Waals surface area (Å²) < 4.78 is 32.3. The zero-order valence-corrected chi connectivity index (χ0v) is 13.1. The van der Waals surface area contributed by atoms with Crippen LogP contribution in [0.1, 0.15) is 12.5 Å². The van der Waals surface area contributed by atoms with E-state index in [1.54, 1.807) is 13.0 Å². The molecule has 0 aliphatic heterocycles. The van der Waals surface area contributed by atoms with Gasteiger partial charge in [0.25, 0.3) is 10.0 Å². The summed E-state index contributed by atoms with van der Waals surface area (Å²) in [6, 6.07) is 4.63. The molecule has 0 aliphatic rings. The number of halogens is 1. The highest BCUT2D eigenvalue weighted by Crippen LogP contribution is 2.23. The molecule has 0 saturated carbocycles. The number of sulfonamides is 1. The number of aromatic nitrogens is 2. The number of ether oxygens (including phenoxy) is 1. The first-order valence-electron chi connectivity index (χ1n) is 6.16. The standard InChI is InChI=1S/C13H14ClN3O3S/c1-3-20-11-5-4-10(6-9(11)2)21(18,19)17-13-8-15-7-12(14)16-13/h4-8H,3H2,1-2H3,(H,16,17). The van der Waals surface area contributed by atoms with Gasteiger partial charge >= 0.3 is 0 Å². The highest BCUT2D eigenvalue weighted by molar-refractivity contribution is 7.92. The van der Waals surface area contributed by atoms with Gasteiger partial charge in [-0.05, 0) is 37.6 Å². The number of nitrogens with one attached hydrogen (secondary N) is 1. The molecular weight excluding hydrogens is 314 g/mol. The Morgan fingerprint density at radius 1 is 1.33 bits per heavy atom. The first kappa shape index (κ1) is 15.5. The molecule has 2 rings (SSSR count). The summed E-state index contributed by atoms with van der Waals surface area (Å²) in [5, 5.41) is 0.109. The molecule has 1 heterocycles. The van der Waals surface area contributed by atoms with Crippen molar-refractivity contribution in [2.45, 2.75) is 18.7 Å². The minimum absolute atomic E-state index is 0.0639. The maximum absolute atomic E-state index is 12.3. The van der Waals surface area contributed by atoms with E-state index >= 15 is 0 Å². The molecule has 112 valence electrons. The fraction of sp³-hybridized carbons (Fsp3) is 0.231. The largest absolute Gasteiger partial charge is 0.494 e. The number of aryl methyl sites for hydroxylation is 1. The van der Waals surface area contributed by atoms with Crippen molar-refractivity contribution >= 4 is 27.4 Å². The van der Waals surface area contributed by atoms with E-state index in [1.165, 1.54) is 24.5 Å². The molecule has 21 heavy (non-hydrogen) atoms. The van der Waals surface area contributed by atoms with Crippen LogP contribution in [0.15, 0.2) is 35.5 Å². The Kier molecular flexibility index (Phi) is 4.64. The van der Waals surface area contributed by atoms with Gasteiger partial charge in [-0.1, -0.05) is 11.6 Å². The van der Waals surface area contributed by atoms with Crippen LogP contribution in [0.3, 0.4) is 0 Å². The Balaban J connectivity index is 2.29. The average Bonchev–Trinajstić information content (AvgIpc) is 2.40. The highest BCUT2D eigenvalue weighted by Gasteiger charge is 2.16. The van der Waals surface area contributed by atoms with E-state index in [9.17, 15) is 8.42 Å². The van der Waals surface area contributed by atoms with Crippen LogP contribution in [0.4, 0.5) is 5.82 Å². The van der Waals surface area contributed by atoms with Crippen molar-refractivity contribution in [1.29, 1.82) is 0 Å².